The van der Waals surface area contributed by atoms with E-state index in [9.17, 15) is 4.79 Å². The SMILES string of the molecule is CC(C)N1C(=O)CCCC(N)C1c1cncn1C1CC1. The molecule has 2 heterocycles. The summed E-state index contributed by atoms with van der Waals surface area (Å²) in [6, 6.07) is 0.692. The molecule has 2 unspecified atom stereocenters. The summed E-state index contributed by atoms with van der Waals surface area (Å²) in [5.41, 5.74) is 7.53. The molecule has 1 saturated carbocycles. The van der Waals surface area contributed by atoms with Crippen LogP contribution in [0.3, 0.4) is 0 Å². The molecule has 0 bridgehead atoms. The van der Waals surface area contributed by atoms with Crippen LogP contribution in [0.4, 0.5) is 0 Å². The van der Waals surface area contributed by atoms with Gasteiger partial charge in [-0.25, -0.2) is 4.98 Å². The van der Waals surface area contributed by atoms with Crippen molar-refractivity contribution in [1.29, 1.82) is 0 Å². The molecule has 1 aromatic rings. The van der Waals surface area contributed by atoms with Crippen molar-refractivity contribution in [3.8, 4) is 0 Å². The minimum Gasteiger partial charge on any atom is -0.330 e. The standard InChI is InChI=1S/C15H24N4O/c1-10(2)19-14(20)5-3-4-12(16)15(19)13-8-17-9-18(13)11-6-7-11/h8-12,15H,3-7,16H2,1-2H3. The number of nitrogens with zero attached hydrogens (tertiary/aromatic N) is 3. The molecule has 2 atom stereocenters. The lowest BCUT2D eigenvalue weighted by atomic mass is 10.00. The van der Waals surface area contributed by atoms with Crippen molar-refractivity contribution in [2.45, 2.75) is 70.1 Å². The monoisotopic (exact) mass is 276 g/mol. The molecule has 0 radical (unpaired) electrons. The number of nitrogens with two attached hydrogens (primary N) is 1. The highest BCUT2D eigenvalue weighted by atomic mass is 16.2. The van der Waals surface area contributed by atoms with E-state index in [1.54, 1.807) is 0 Å². The van der Waals surface area contributed by atoms with E-state index in [1.807, 2.05) is 17.4 Å². The van der Waals surface area contributed by atoms with Crippen LogP contribution in [0.15, 0.2) is 12.5 Å². The fourth-order valence-electron chi connectivity index (χ4n) is 3.31. The zero-order valence-corrected chi connectivity index (χ0v) is 12.3. The Morgan fingerprint density at radius 2 is 2.10 bits per heavy atom. The number of aromatic nitrogens is 2. The Balaban J connectivity index is 2.00. The summed E-state index contributed by atoms with van der Waals surface area (Å²) in [7, 11) is 0. The first-order valence-corrected chi connectivity index (χ1v) is 7.68. The smallest absolute Gasteiger partial charge is 0.223 e. The third-order valence-electron chi connectivity index (χ3n) is 4.42. The Morgan fingerprint density at radius 1 is 1.35 bits per heavy atom. The van der Waals surface area contributed by atoms with E-state index in [0.717, 1.165) is 18.5 Å². The number of imidazole rings is 1. The molecule has 1 aliphatic carbocycles. The molecule has 2 aliphatic rings. The second kappa shape index (κ2) is 5.20. The molecule has 1 aromatic heterocycles. The van der Waals surface area contributed by atoms with Crippen molar-refractivity contribution in [3.63, 3.8) is 0 Å². The molecule has 1 amide bonds. The summed E-state index contributed by atoms with van der Waals surface area (Å²) >= 11 is 0. The van der Waals surface area contributed by atoms with Crippen LogP contribution in [-0.2, 0) is 4.79 Å². The first kappa shape index (κ1) is 13.6. The molecule has 5 nitrogen and oxygen atoms in total. The normalized spacial score (nSPS) is 28.0. The summed E-state index contributed by atoms with van der Waals surface area (Å²) in [5.74, 6) is 0.224. The average Bonchev–Trinajstić information content (AvgIpc) is 3.15. The lowest BCUT2D eigenvalue weighted by molar-refractivity contribution is -0.135. The molecule has 20 heavy (non-hydrogen) atoms. The Bertz CT molecular complexity index is 492. The summed E-state index contributed by atoms with van der Waals surface area (Å²) in [6.07, 6.45) is 8.61. The van der Waals surface area contributed by atoms with E-state index >= 15 is 0 Å². The van der Waals surface area contributed by atoms with Crippen LogP contribution in [0.1, 0.15) is 63.7 Å². The molecule has 2 fully saturated rings. The van der Waals surface area contributed by atoms with Crippen molar-refractivity contribution >= 4 is 5.91 Å². The minimum absolute atomic E-state index is 0.00181. The molecule has 110 valence electrons. The van der Waals surface area contributed by atoms with Gasteiger partial charge in [0, 0.05) is 24.5 Å². The predicted molar refractivity (Wildman–Crippen MR) is 77.0 cm³/mol. The summed E-state index contributed by atoms with van der Waals surface area (Å²) in [6.45, 7) is 4.14. The van der Waals surface area contributed by atoms with Gasteiger partial charge in [0.1, 0.15) is 0 Å². The molecule has 1 saturated heterocycles. The van der Waals surface area contributed by atoms with Crippen LogP contribution < -0.4 is 5.73 Å². The Morgan fingerprint density at radius 3 is 2.75 bits per heavy atom. The van der Waals surface area contributed by atoms with E-state index in [1.165, 1.54) is 12.8 Å². The fraction of sp³-hybridized carbons (Fsp3) is 0.733. The maximum absolute atomic E-state index is 12.4. The lowest BCUT2D eigenvalue weighted by Crippen LogP contribution is -2.46. The third kappa shape index (κ3) is 2.35. The Kier molecular flexibility index (Phi) is 3.54. The van der Waals surface area contributed by atoms with Gasteiger partial charge < -0.3 is 15.2 Å². The number of hydrogen-bond acceptors (Lipinski definition) is 3. The van der Waals surface area contributed by atoms with Crippen LogP contribution in [0.5, 0.6) is 0 Å². The zero-order chi connectivity index (χ0) is 14.3. The maximum atomic E-state index is 12.4. The molecule has 1 aliphatic heterocycles. The summed E-state index contributed by atoms with van der Waals surface area (Å²) in [5, 5.41) is 0. The first-order chi connectivity index (χ1) is 9.59. The van der Waals surface area contributed by atoms with Gasteiger partial charge in [0.15, 0.2) is 0 Å². The molecule has 3 rings (SSSR count). The van der Waals surface area contributed by atoms with Gasteiger partial charge in [-0.15, -0.1) is 0 Å². The quantitative estimate of drug-likeness (QED) is 0.918. The van der Waals surface area contributed by atoms with E-state index in [2.05, 4.69) is 23.4 Å². The highest BCUT2D eigenvalue weighted by Crippen LogP contribution is 2.40. The van der Waals surface area contributed by atoms with Gasteiger partial charge >= 0.3 is 0 Å². The van der Waals surface area contributed by atoms with E-state index in [4.69, 9.17) is 5.73 Å². The molecular formula is C15H24N4O. The molecule has 5 heteroatoms. The molecule has 2 N–H and O–H groups in total. The number of carbonyl (C=O) groups is 1. The number of carbonyl (C=O) groups excluding carboxylic acids is 1. The summed E-state index contributed by atoms with van der Waals surface area (Å²) in [4.78, 5) is 18.7. The minimum atomic E-state index is -0.0342. The van der Waals surface area contributed by atoms with Crippen molar-refractivity contribution in [2.75, 3.05) is 0 Å². The first-order valence-electron chi connectivity index (χ1n) is 7.68. The maximum Gasteiger partial charge on any atom is 0.223 e. The topological polar surface area (TPSA) is 64.2 Å². The Hall–Kier alpha value is -1.36. The molecule has 0 spiro atoms. The van der Waals surface area contributed by atoms with E-state index < -0.39 is 0 Å². The van der Waals surface area contributed by atoms with Gasteiger partial charge in [-0.05, 0) is 39.5 Å². The second-order valence-corrected chi connectivity index (χ2v) is 6.35. The predicted octanol–water partition coefficient (Wildman–Crippen LogP) is 2.01. The van der Waals surface area contributed by atoms with Crippen LogP contribution in [0, 0.1) is 0 Å². The van der Waals surface area contributed by atoms with Crippen LogP contribution in [0.2, 0.25) is 0 Å². The largest absolute Gasteiger partial charge is 0.330 e. The van der Waals surface area contributed by atoms with E-state index in [0.29, 0.717) is 12.5 Å². The van der Waals surface area contributed by atoms with Gasteiger partial charge in [0.25, 0.3) is 0 Å². The number of amides is 1. The van der Waals surface area contributed by atoms with Gasteiger partial charge in [-0.2, -0.15) is 0 Å². The van der Waals surface area contributed by atoms with Crippen molar-refractivity contribution in [2.24, 2.45) is 5.73 Å². The molecule has 0 aromatic carbocycles. The van der Waals surface area contributed by atoms with Crippen molar-refractivity contribution < 1.29 is 4.79 Å². The third-order valence-corrected chi connectivity index (χ3v) is 4.42. The highest BCUT2D eigenvalue weighted by molar-refractivity contribution is 5.77. The van der Waals surface area contributed by atoms with Crippen LogP contribution >= 0.6 is 0 Å². The van der Waals surface area contributed by atoms with Crippen molar-refractivity contribution in [3.05, 3.63) is 18.2 Å². The highest BCUT2D eigenvalue weighted by Gasteiger charge is 2.38. The van der Waals surface area contributed by atoms with E-state index in [-0.39, 0.29) is 24.0 Å². The van der Waals surface area contributed by atoms with Crippen LogP contribution in [0.25, 0.3) is 0 Å². The molecular weight excluding hydrogens is 252 g/mol. The average molecular weight is 276 g/mol. The summed E-state index contributed by atoms with van der Waals surface area (Å²) < 4.78 is 2.23. The number of hydrogen-bond donors (Lipinski definition) is 1. The van der Waals surface area contributed by atoms with Crippen molar-refractivity contribution in [1.82, 2.24) is 14.5 Å². The van der Waals surface area contributed by atoms with Gasteiger partial charge in [0.05, 0.1) is 24.3 Å². The number of rotatable bonds is 3. The van der Waals surface area contributed by atoms with Crippen LogP contribution in [-0.4, -0.2) is 32.4 Å². The zero-order valence-electron chi connectivity index (χ0n) is 12.3. The number of likely N-dealkylation sites (tertiary alicyclic amines) is 1. The fourth-order valence-corrected chi connectivity index (χ4v) is 3.31. The lowest BCUT2D eigenvalue weighted by Gasteiger charge is -2.37. The van der Waals surface area contributed by atoms with Gasteiger partial charge in [-0.1, -0.05) is 0 Å². The van der Waals surface area contributed by atoms with Gasteiger partial charge in [0.2, 0.25) is 5.91 Å². The Labute approximate surface area is 120 Å². The van der Waals surface area contributed by atoms with Gasteiger partial charge in [-0.3, -0.25) is 4.79 Å². The second-order valence-electron chi connectivity index (χ2n) is 6.35.